The third-order valence-electron chi connectivity index (χ3n) is 5.42. The van der Waals surface area contributed by atoms with Crippen molar-refractivity contribution in [3.8, 4) is 11.1 Å². The molecule has 2 heterocycles. The standard InChI is InChI=1S/C20H20FN3O.C2HF3O2/c1-10-11(2)24-19-15(20(22)25)8-16(21)18(17(10)19)13-4-3-12-5-6-23-9-14(12)7-13;3-2(4,5)1(6)7/h3-4,7-8,23-24H,5-6,9H2,1-2H3,(H2,22,25);(H,6,7). The Morgan fingerprint density at radius 2 is 1.78 bits per heavy atom. The molecule has 0 radical (unpaired) electrons. The summed E-state index contributed by atoms with van der Waals surface area (Å²) in [5.41, 5.74) is 11.9. The summed E-state index contributed by atoms with van der Waals surface area (Å²) in [5, 5.41) is 11.2. The summed E-state index contributed by atoms with van der Waals surface area (Å²) in [6.45, 7) is 5.60. The van der Waals surface area contributed by atoms with Gasteiger partial charge in [0, 0.05) is 23.2 Å². The number of hydrogen-bond donors (Lipinski definition) is 4. The molecule has 1 aromatic heterocycles. The Kier molecular flexibility index (Phi) is 6.27. The van der Waals surface area contributed by atoms with Gasteiger partial charge in [0.1, 0.15) is 5.82 Å². The van der Waals surface area contributed by atoms with Crippen LogP contribution in [0.3, 0.4) is 0 Å². The lowest BCUT2D eigenvalue weighted by atomic mass is 9.91. The molecule has 0 spiro atoms. The number of nitrogens with one attached hydrogen (secondary N) is 2. The molecular weight excluding hydrogens is 430 g/mol. The number of carbonyl (C=O) groups excluding carboxylic acids is 1. The highest BCUT2D eigenvalue weighted by Gasteiger charge is 2.38. The van der Waals surface area contributed by atoms with E-state index in [2.05, 4.69) is 16.4 Å². The van der Waals surface area contributed by atoms with Crippen LogP contribution in [0.15, 0.2) is 24.3 Å². The number of rotatable bonds is 2. The monoisotopic (exact) mass is 451 g/mol. The number of aromatic amines is 1. The first kappa shape index (κ1) is 23.3. The Hall–Kier alpha value is -3.40. The number of H-pyrrole nitrogens is 1. The summed E-state index contributed by atoms with van der Waals surface area (Å²) in [6.07, 6.45) is -4.10. The summed E-state index contributed by atoms with van der Waals surface area (Å²) in [5.74, 6) is -3.81. The molecule has 0 atom stereocenters. The molecule has 32 heavy (non-hydrogen) atoms. The molecule has 0 unspecified atom stereocenters. The fraction of sp³-hybridized carbons (Fsp3) is 0.273. The molecular formula is C22H21F4N3O3. The number of aliphatic carboxylic acids is 1. The van der Waals surface area contributed by atoms with Gasteiger partial charge in [-0.3, -0.25) is 4.79 Å². The van der Waals surface area contributed by atoms with Crippen LogP contribution in [0, 0.1) is 19.7 Å². The number of aromatic nitrogens is 1. The van der Waals surface area contributed by atoms with Crippen molar-refractivity contribution in [1.82, 2.24) is 10.3 Å². The van der Waals surface area contributed by atoms with Crippen LogP contribution >= 0.6 is 0 Å². The lowest BCUT2D eigenvalue weighted by molar-refractivity contribution is -0.192. The van der Waals surface area contributed by atoms with E-state index in [1.807, 2.05) is 26.0 Å². The molecule has 1 aliphatic rings. The van der Waals surface area contributed by atoms with E-state index < -0.39 is 23.9 Å². The highest BCUT2D eigenvalue weighted by atomic mass is 19.4. The van der Waals surface area contributed by atoms with Crippen LogP contribution in [0.4, 0.5) is 17.6 Å². The Morgan fingerprint density at radius 3 is 2.38 bits per heavy atom. The fourth-order valence-corrected chi connectivity index (χ4v) is 3.74. The van der Waals surface area contributed by atoms with Crippen molar-refractivity contribution in [3.63, 3.8) is 0 Å². The van der Waals surface area contributed by atoms with Gasteiger partial charge in [-0.25, -0.2) is 9.18 Å². The molecule has 10 heteroatoms. The first-order valence-corrected chi connectivity index (χ1v) is 9.66. The minimum absolute atomic E-state index is 0.187. The molecule has 3 aromatic rings. The Morgan fingerprint density at radius 1 is 1.12 bits per heavy atom. The highest BCUT2D eigenvalue weighted by molar-refractivity contribution is 6.10. The second-order valence-electron chi connectivity index (χ2n) is 7.48. The van der Waals surface area contributed by atoms with Gasteiger partial charge in [0.25, 0.3) is 5.91 Å². The molecule has 0 saturated heterocycles. The van der Waals surface area contributed by atoms with Crippen LogP contribution in [0.25, 0.3) is 22.0 Å². The van der Waals surface area contributed by atoms with Crippen LogP contribution in [-0.4, -0.2) is 34.7 Å². The van der Waals surface area contributed by atoms with E-state index >= 15 is 4.39 Å². The minimum Gasteiger partial charge on any atom is -0.475 e. The van der Waals surface area contributed by atoms with Crippen LogP contribution in [-0.2, 0) is 17.8 Å². The fourth-order valence-electron chi connectivity index (χ4n) is 3.74. The summed E-state index contributed by atoms with van der Waals surface area (Å²) in [7, 11) is 0. The Labute approximate surface area is 180 Å². The van der Waals surface area contributed by atoms with E-state index in [1.165, 1.54) is 17.2 Å². The van der Waals surface area contributed by atoms with Crippen molar-refractivity contribution in [1.29, 1.82) is 0 Å². The third-order valence-corrected chi connectivity index (χ3v) is 5.42. The maximum Gasteiger partial charge on any atom is 0.490 e. The maximum absolute atomic E-state index is 15.0. The first-order valence-electron chi connectivity index (χ1n) is 9.66. The number of carboxylic acids is 1. The molecule has 4 rings (SSSR count). The van der Waals surface area contributed by atoms with Gasteiger partial charge < -0.3 is 21.1 Å². The molecule has 5 N–H and O–H groups in total. The average molecular weight is 451 g/mol. The number of carbonyl (C=O) groups is 2. The number of hydrogen-bond acceptors (Lipinski definition) is 3. The van der Waals surface area contributed by atoms with Gasteiger partial charge in [0.05, 0.1) is 11.1 Å². The average Bonchev–Trinajstić information content (AvgIpc) is 3.01. The second-order valence-corrected chi connectivity index (χ2v) is 7.48. The van der Waals surface area contributed by atoms with Crippen LogP contribution in [0.2, 0.25) is 0 Å². The smallest absolute Gasteiger partial charge is 0.475 e. The van der Waals surface area contributed by atoms with Gasteiger partial charge in [-0.1, -0.05) is 12.1 Å². The predicted octanol–water partition coefficient (Wildman–Crippen LogP) is 3.97. The van der Waals surface area contributed by atoms with Crippen molar-refractivity contribution >= 4 is 22.8 Å². The van der Waals surface area contributed by atoms with Crippen molar-refractivity contribution in [3.05, 3.63) is 58.0 Å². The van der Waals surface area contributed by atoms with Crippen molar-refractivity contribution in [2.24, 2.45) is 5.73 Å². The summed E-state index contributed by atoms with van der Waals surface area (Å²) < 4.78 is 46.7. The van der Waals surface area contributed by atoms with Gasteiger partial charge in [0.15, 0.2) is 0 Å². The summed E-state index contributed by atoms with van der Waals surface area (Å²) in [6, 6.07) is 7.33. The largest absolute Gasteiger partial charge is 0.490 e. The van der Waals surface area contributed by atoms with E-state index in [-0.39, 0.29) is 5.56 Å². The highest BCUT2D eigenvalue weighted by Crippen LogP contribution is 2.37. The maximum atomic E-state index is 15.0. The molecule has 0 fully saturated rings. The number of fused-ring (bicyclic) bond motifs is 2. The van der Waals surface area contributed by atoms with Gasteiger partial charge in [0.2, 0.25) is 0 Å². The van der Waals surface area contributed by atoms with Gasteiger partial charge in [-0.05, 0) is 61.2 Å². The number of alkyl halides is 3. The first-order chi connectivity index (χ1) is 14.9. The van der Waals surface area contributed by atoms with Crippen molar-refractivity contribution < 1.29 is 32.3 Å². The number of halogens is 4. The van der Waals surface area contributed by atoms with Crippen molar-refractivity contribution in [2.75, 3.05) is 6.54 Å². The third kappa shape index (κ3) is 4.45. The van der Waals surface area contributed by atoms with E-state index in [9.17, 15) is 18.0 Å². The minimum atomic E-state index is -5.08. The van der Waals surface area contributed by atoms with Crippen LogP contribution in [0.1, 0.15) is 32.7 Å². The lowest BCUT2D eigenvalue weighted by Crippen LogP contribution is -2.23. The topological polar surface area (TPSA) is 108 Å². The summed E-state index contributed by atoms with van der Waals surface area (Å²) >= 11 is 0. The molecule has 0 bridgehead atoms. The van der Waals surface area contributed by atoms with Crippen LogP contribution < -0.4 is 11.1 Å². The molecule has 0 saturated carbocycles. The molecule has 2 aromatic carbocycles. The number of benzene rings is 2. The Balaban J connectivity index is 0.000000360. The molecule has 0 aliphatic carbocycles. The molecule has 1 amide bonds. The zero-order chi connectivity index (χ0) is 23.8. The zero-order valence-electron chi connectivity index (χ0n) is 17.3. The quantitative estimate of drug-likeness (QED) is 0.442. The number of carboxylic acid groups (broad SMARTS) is 1. The molecule has 170 valence electrons. The van der Waals surface area contributed by atoms with Crippen LogP contribution in [0.5, 0.6) is 0 Å². The van der Waals surface area contributed by atoms with E-state index in [1.54, 1.807) is 0 Å². The van der Waals surface area contributed by atoms with E-state index in [4.69, 9.17) is 15.6 Å². The zero-order valence-corrected chi connectivity index (χ0v) is 17.3. The van der Waals surface area contributed by atoms with Crippen molar-refractivity contribution in [2.45, 2.75) is 33.0 Å². The van der Waals surface area contributed by atoms with Gasteiger partial charge >= 0.3 is 12.1 Å². The molecule has 1 aliphatic heterocycles. The number of aryl methyl sites for hydroxylation is 2. The number of nitrogens with two attached hydrogens (primary N) is 1. The number of amides is 1. The van der Waals surface area contributed by atoms with Gasteiger partial charge in [-0.2, -0.15) is 13.2 Å². The number of primary amides is 1. The molecule has 6 nitrogen and oxygen atoms in total. The Bertz CT molecular complexity index is 1220. The predicted molar refractivity (Wildman–Crippen MR) is 111 cm³/mol. The van der Waals surface area contributed by atoms with E-state index in [0.717, 1.165) is 41.7 Å². The summed E-state index contributed by atoms with van der Waals surface area (Å²) in [4.78, 5) is 23.8. The normalized spacial score (nSPS) is 13.3. The van der Waals surface area contributed by atoms with E-state index in [0.29, 0.717) is 11.1 Å². The second kappa shape index (κ2) is 8.62. The SMILES string of the molecule is Cc1[nH]c2c(C(N)=O)cc(F)c(-c3ccc4c(c3)CNCC4)c2c1C.O=C(O)C(F)(F)F. The van der Waals surface area contributed by atoms with Gasteiger partial charge in [-0.15, -0.1) is 0 Å². The lowest BCUT2D eigenvalue weighted by Gasteiger charge is -2.18.